The zero-order valence-electron chi connectivity index (χ0n) is 14.5. The van der Waals surface area contributed by atoms with Gasteiger partial charge in [0.15, 0.2) is 23.1 Å². The molecule has 0 unspecified atom stereocenters. The average molecular weight is 396 g/mol. The fraction of sp³-hybridized carbons (Fsp3) is 0.176. The number of nitrogens with zero attached hydrogens (tertiary/aromatic N) is 2. The van der Waals surface area contributed by atoms with Gasteiger partial charge >= 0.3 is 12.6 Å². The van der Waals surface area contributed by atoms with Crippen LogP contribution in [0.15, 0.2) is 30.5 Å². The highest BCUT2D eigenvalue weighted by Gasteiger charge is 2.16. The summed E-state index contributed by atoms with van der Waals surface area (Å²) in [5.74, 6) is -3.08. The number of halogens is 3. The molecule has 28 heavy (non-hydrogen) atoms. The quantitative estimate of drug-likeness (QED) is 0.686. The minimum Gasteiger partial charge on any atom is -0.464 e. The highest BCUT2D eigenvalue weighted by molar-refractivity contribution is 5.95. The normalized spacial score (nSPS) is 10.9. The number of carbonyl (C=O) groups is 2. The van der Waals surface area contributed by atoms with E-state index < -0.39 is 30.1 Å². The first-order valence-corrected chi connectivity index (χ1v) is 7.71. The van der Waals surface area contributed by atoms with Gasteiger partial charge in [0.2, 0.25) is 0 Å². The van der Waals surface area contributed by atoms with Gasteiger partial charge in [0, 0.05) is 12.6 Å². The molecule has 0 aliphatic rings. The first-order valence-electron chi connectivity index (χ1n) is 7.71. The number of hydrogen-bond donors (Lipinski definition) is 2. The summed E-state index contributed by atoms with van der Waals surface area (Å²) in [7, 11) is 1.15. The third kappa shape index (κ3) is 5.43. The second-order valence-electron chi connectivity index (χ2n) is 5.17. The van der Waals surface area contributed by atoms with Crippen LogP contribution < -0.4 is 15.8 Å². The summed E-state index contributed by atoms with van der Waals surface area (Å²) in [5, 5.41) is 2.47. The van der Waals surface area contributed by atoms with Gasteiger partial charge in [0.05, 0.1) is 7.11 Å². The molecule has 1 aromatic heterocycles. The standard InChI is InChI=1S/C17H15F3N4O4/c1-27-16(26)12-7-11(23-14(24-12)4-5-21)15(25)22-8-9-2-3-10(18)13(6-9)28-17(19)20/h2-7,17H,8,21H2,1H3,(H,22,25). The van der Waals surface area contributed by atoms with Gasteiger partial charge in [-0.05, 0) is 30.0 Å². The van der Waals surface area contributed by atoms with Gasteiger partial charge in [-0.1, -0.05) is 6.07 Å². The van der Waals surface area contributed by atoms with Crippen LogP contribution in [0.25, 0.3) is 6.08 Å². The Morgan fingerprint density at radius 1 is 1.25 bits per heavy atom. The van der Waals surface area contributed by atoms with E-state index in [1.807, 2.05) is 0 Å². The van der Waals surface area contributed by atoms with E-state index in [-0.39, 0.29) is 23.8 Å². The van der Waals surface area contributed by atoms with E-state index in [9.17, 15) is 22.8 Å². The molecule has 1 heterocycles. The maximum absolute atomic E-state index is 13.4. The lowest BCUT2D eigenvalue weighted by Crippen LogP contribution is -2.25. The number of nitrogens with one attached hydrogen (secondary N) is 1. The molecule has 3 N–H and O–H groups in total. The van der Waals surface area contributed by atoms with Crippen molar-refractivity contribution >= 4 is 18.0 Å². The molecule has 1 amide bonds. The van der Waals surface area contributed by atoms with Crippen molar-refractivity contribution in [3.63, 3.8) is 0 Å². The van der Waals surface area contributed by atoms with Crippen molar-refractivity contribution in [2.45, 2.75) is 13.2 Å². The van der Waals surface area contributed by atoms with Gasteiger partial charge in [0.25, 0.3) is 5.91 Å². The molecular weight excluding hydrogens is 381 g/mol. The molecule has 0 aliphatic carbocycles. The molecule has 0 saturated heterocycles. The van der Waals surface area contributed by atoms with Gasteiger partial charge in [-0.15, -0.1) is 0 Å². The lowest BCUT2D eigenvalue weighted by Gasteiger charge is -2.10. The number of rotatable bonds is 7. The minimum atomic E-state index is -3.19. The summed E-state index contributed by atoms with van der Waals surface area (Å²) >= 11 is 0. The number of ether oxygens (including phenoxy) is 2. The number of carbonyl (C=O) groups excluding carboxylic acids is 2. The third-order valence-corrected chi connectivity index (χ3v) is 3.28. The molecular formula is C17H15F3N4O4. The smallest absolute Gasteiger partial charge is 0.387 e. The second-order valence-corrected chi connectivity index (χ2v) is 5.17. The number of alkyl halides is 2. The van der Waals surface area contributed by atoms with Crippen LogP contribution >= 0.6 is 0 Å². The van der Waals surface area contributed by atoms with Crippen LogP contribution in [0.2, 0.25) is 0 Å². The van der Waals surface area contributed by atoms with Crippen molar-refractivity contribution in [3.05, 3.63) is 59.1 Å². The lowest BCUT2D eigenvalue weighted by atomic mass is 10.2. The molecule has 11 heteroatoms. The Bertz CT molecular complexity index is 906. The summed E-state index contributed by atoms with van der Waals surface area (Å²) in [6.07, 6.45) is 2.40. The topological polar surface area (TPSA) is 116 Å². The summed E-state index contributed by atoms with van der Waals surface area (Å²) < 4.78 is 46.6. The van der Waals surface area contributed by atoms with Crippen molar-refractivity contribution < 1.29 is 32.2 Å². The molecule has 148 valence electrons. The maximum atomic E-state index is 13.4. The summed E-state index contributed by atoms with van der Waals surface area (Å²) in [4.78, 5) is 31.8. The van der Waals surface area contributed by atoms with Crippen LogP contribution in [0.4, 0.5) is 13.2 Å². The first kappa shape index (κ1) is 20.7. The van der Waals surface area contributed by atoms with Gasteiger partial charge in [-0.2, -0.15) is 8.78 Å². The van der Waals surface area contributed by atoms with E-state index in [1.54, 1.807) is 0 Å². The molecule has 8 nitrogen and oxygen atoms in total. The van der Waals surface area contributed by atoms with E-state index >= 15 is 0 Å². The molecule has 2 aromatic rings. The second kappa shape index (κ2) is 9.35. The Morgan fingerprint density at radius 3 is 2.61 bits per heavy atom. The Hall–Kier alpha value is -3.63. The number of nitrogens with two attached hydrogens (primary N) is 1. The van der Waals surface area contributed by atoms with Crippen LogP contribution in [0.1, 0.15) is 32.4 Å². The van der Waals surface area contributed by atoms with Crippen molar-refractivity contribution in [1.29, 1.82) is 0 Å². The largest absolute Gasteiger partial charge is 0.464 e. The van der Waals surface area contributed by atoms with Gasteiger partial charge in [-0.3, -0.25) is 4.79 Å². The zero-order chi connectivity index (χ0) is 20.7. The van der Waals surface area contributed by atoms with Crippen LogP contribution in [0.5, 0.6) is 5.75 Å². The summed E-state index contributed by atoms with van der Waals surface area (Å²) in [6, 6.07) is 4.37. The molecule has 0 spiro atoms. The minimum absolute atomic E-state index is 0.00459. The Balaban J connectivity index is 2.19. The fourth-order valence-electron chi connectivity index (χ4n) is 2.07. The summed E-state index contributed by atoms with van der Waals surface area (Å²) in [6.45, 7) is -3.33. The van der Waals surface area contributed by atoms with E-state index in [4.69, 9.17) is 5.73 Å². The van der Waals surface area contributed by atoms with Crippen LogP contribution in [0, 0.1) is 5.82 Å². The van der Waals surface area contributed by atoms with Crippen LogP contribution in [-0.4, -0.2) is 35.6 Å². The van der Waals surface area contributed by atoms with E-state index in [0.29, 0.717) is 5.56 Å². The van der Waals surface area contributed by atoms with Crippen LogP contribution in [-0.2, 0) is 11.3 Å². The van der Waals surface area contributed by atoms with Crippen LogP contribution in [0.3, 0.4) is 0 Å². The number of benzene rings is 1. The van der Waals surface area contributed by atoms with Gasteiger partial charge in [0.1, 0.15) is 5.69 Å². The molecule has 1 aromatic carbocycles. The van der Waals surface area contributed by atoms with Crippen molar-refractivity contribution in [1.82, 2.24) is 15.3 Å². The first-order chi connectivity index (χ1) is 13.3. The molecule has 2 rings (SSSR count). The molecule has 0 fully saturated rings. The van der Waals surface area contributed by atoms with Gasteiger partial charge < -0.3 is 20.5 Å². The van der Waals surface area contributed by atoms with Crippen molar-refractivity contribution in [3.8, 4) is 5.75 Å². The monoisotopic (exact) mass is 396 g/mol. The lowest BCUT2D eigenvalue weighted by molar-refractivity contribution is -0.0522. The number of aromatic nitrogens is 2. The Labute approximate surface area is 157 Å². The van der Waals surface area contributed by atoms with E-state index in [1.165, 1.54) is 12.1 Å². The molecule has 0 bridgehead atoms. The average Bonchev–Trinajstić information content (AvgIpc) is 2.67. The summed E-state index contributed by atoms with van der Waals surface area (Å²) in [5.41, 5.74) is 5.25. The number of methoxy groups -OCH3 is 1. The van der Waals surface area contributed by atoms with E-state index in [0.717, 1.165) is 31.5 Å². The Morgan fingerprint density at radius 2 is 1.96 bits per heavy atom. The number of amides is 1. The fourth-order valence-corrected chi connectivity index (χ4v) is 2.07. The molecule has 0 saturated carbocycles. The van der Waals surface area contributed by atoms with Crippen molar-refractivity contribution in [2.24, 2.45) is 5.73 Å². The number of esters is 1. The van der Waals surface area contributed by atoms with Crippen molar-refractivity contribution in [2.75, 3.05) is 7.11 Å². The molecule has 0 aliphatic heterocycles. The molecule has 0 radical (unpaired) electrons. The third-order valence-electron chi connectivity index (χ3n) is 3.28. The highest BCUT2D eigenvalue weighted by atomic mass is 19.3. The Kier molecular flexibility index (Phi) is 6.90. The molecule has 0 atom stereocenters. The SMILES string of the molecule is COC(=O)c1cc(C(=O)NCc2ccc(F)c(OC(F)F)c2)nc(C=CN)n1. The zero-order valence-corrected chi connectivity index (χ0v) is 14.5. The van der Waals surface area contributed by atoms with E-state index in [2.05, 4.69) is 24.8 Å². The predicted octanol–water partition coefficient (Wildman–Crippen LogP) is 1.86. The number of hydrogen-bond acceptors (Lipinski definition) is 7. The highest BCUT2D eigenvalue weighted by Crippen LogP contribution is 2.21. The van der Waals surface area contributed by atoms with Gasteiger partial charge in [-0.25, -0.2) is 19.2 Å². The maximum Gasteiger partial charge on any atom is 0.387 e. The predicted molar refractivity (Wildman–Crippen MR) is 90.8 cm³/mol.